The Morgan fingerprint density at radius 2 is 2.11 bits per heavy atom. The van der Waals surface area contributed by atoms with Gasteiger partial charge in [-0.2, -0.15) is 0 Å². The molecule has 0 aliphatic heterocycles. The molecule has 0 atom stereocenters. The Morgan fingerprint density at radius 1 is 1.26 bits per heavy atom. The molecule has 3 rings (SSSR count). The van der Waals surface area contributed by atoms with Gasteiger partial charge in [-0.15, -0.1) is 11.3 Å². The van der Waals surface area contributed by atoms with Gasteiger partial charge in [0.2, 0.25) is 5.95 Å². The van der Waals surface area contributed by atoms with Gasteiger partial charge in [-0.25, -0.2) is 9.97 Å². The molecule has 0 fully saturated rings. The van der Waals surface area contributed by atoms with Gasteiger partial charge in [0.1, 0.15) is 5.01 Å². The molecule has 19 heavy (non-hydrogen) atoms. The molecule has 96 valence electrons. The summed E-state index contributed by atoms with van der Waals surface area (Å²) in [7, 11) is 0. The SMILES string of the molecule is Cc1csc(CNc2nccn2-c2ccccc2)n1. The highest BCUT2D eigenvalue weighted by molar-refractivity contribution is 7.09. The van der Waals surface area contributed by atoms with Crippen molar-refractivity contribution < 1.29 is 0 Å². The number of rotatable bonds is 4. The Kier molecular flexibility index (Phi) is 3.29. The third-order valence-electron chi connectivity index (χ3n) is 2.74. The van der Waals surface area contributed by atoms with Crippen molar-refractivity contribution in [3.8, 4) is 5.69 Å². The minimum atomic E-state index is 0.697. The van der Waals surface area contributed by atoms with E-state index in [1.54, 1.807) is 17.5 Å². The molecule has 0 unspecified atom stereocenters. The van der Waals surface area contributed by atoms with Crippen molar-refractivity contribution in [1.82, 2.24) is 14.5 Å². The van der Waals surface area contributed by atoms with Crippen LogP contribution in [0.5, 0.6) is 0 Å². The molecule has 1 aromatic carbocycles. The highest BCUT2D eigenvalue weighted by atomic mass is 32.1. The van der Waals surface area contributed by atoms with Crippen LogP contribution in [0.2, 0.25) is 0 Å². The molecule has 0 spiro atoms. The lowest BCUT2D eigenvalue weighted by Gasteiger charge is -2.08. The van der Waals surface area contributed by atoms with E-state index in [4.69, 9.17) is 0 Å². The summed E-state index contributed by atoms with van der Waals surface area (Å²) in [6, 6.07) is 10.2. The normalized spacial score (nSPS) is 10.6. The molecule has 2 heterocycles. The van der Waals surface area contributed by atoms with Crippen molar-refractivity contribution in [2.75, 3.05) is 5.32 Å². The number of nitrogens with zero attached hydrogens (tertiary/aromatic N) is 3. The summed E-state index contributed by atoms with van der Waals surface area (Å²) in [4.78, 5) is 8.77. The van der Waals surface area contributed by atoms with E-state index in [1.807, 2.05) is 35.9 Å². The average molecular weight is 270 g/mol. The second-order valence-electron chi connectivity index (χ2n) is 4.19. The van der Waals surface area contributed by atoms with Crippen molar-refractivity contribution in [1.29, 1.82) is 0 Å². The molecule has 0 radical (unpaired) electrons. The Hall–Kier alpha value is -2.14. The number of aryl methyl sites for hydroxylation is 1. The van der Waals surface area contributed by atoms with Crippen LogP contribution in [0.3, 0.4) is 0 Å². The van der Waals surface area contributed by atoms with Gasteiger partial charge in [-0.3, -0.25) is 4.57 Å². The molecule has 2 aromatic heterocycles. The average Bonchev–Trinajstić information content (AvgIpc) is 3.06. The zero-order chi connectivity index (χ0) is 13.1. The maximum atomic E-state index is 4.43. The van der Waals surface area contributed by atoms with Crippen LogP contribution in [0, 0.1) is 6.92 Å². The van der Waals surface area contributed by atoms with Gasteiger partial charge in [0.05, 0.1) is 6.54 Å². The molecule has 0 aliphatic rings. The van der Waals surface area contributed by atoms with E-state index in [0.29, 0.717) is 6.54 Å². The topological polar surface area (TPSA) is 42.7 Å². The number of hydrogen-bond acceptors (Lipinski definition) is 4. The highest BCUT2D eigenvalue weighted by Crippen LogP contribution is 2.16. The van der Waals surface area contributed by atoms with Gasteiger partial charge < -0.3 is 5.32 Å². The zero-order valence-electron chi connectivity index (χ0n) is 10.6. The predicted molar refractivity (Wildman–Crippen MR) is 77.7 cm³/mol. The Bertz CT molecular complexity index is 657. The van der Waals surface area contributed by atoms with Gasteiger partial charge >= 0.3 is 0 Å². The molecule has 0 saturated heterocycles. The van der Waals surface area contributed by atoms with E-state index < -0.39 is 0 Å². The summed E-state index contributed by atoms with van der Waals surface area (Å²) in [6.45, 7) is 2.70. The third-order valence-corrected chi connectivity index (χ3v) is 3.71. The predicted octanol–water partition coefficient (Wildman–Crippen LogP) is 3.25. The minimum Gasteiger partial charge on any atom is -0.349 e. The van der Waals surface area contributed by atoms with E-state index in [1.165, 1.54) is 0 Å². The minimum absolute atomic E-state index is 0.697. The van der Waals surface area contributed by atoms with E-state index in [2.05, 4.69) is 32.8 Å². The van der Waals surface area contributed by atoms with Gasteiger partial charge in [0.15, 0.2) is 0 Å². The van der Waals surface area contributed by atoms with Crippen molar-refractivity contribution in [2.24, 2.45) is 0 Å². The van der Waals surface area contributed by atoms with Gasteiger partial charge in [0, 0.05) is 29.2 Å². The molecule has 4 nitrogen and oxygen atoms in total. The van der Waals surface area contributed by atoms with Crippen molar-refractivity contribution >= 4 is 17.3 Å². The van der Waals surface area contributed by atoms with Crippen LogP contribution in [-0.4, -0.2) is 14.5 Å². The number of benzene rings is 1. The lowest BCUT2D eigenvalue weighted by Crippen LogP contribution is -2.05. The fraction of sp³-hybridized carbons (Fsp3) is 0.143. The molecular formula is C14H14N4S. The van der Waals surface area contributed by atoms with Crippen LogP contribution in [-0.2, 0) is 6.54 Å². The van der Waals surface area contributed by atoms with Gasteiger partial charge in [-0.05, 0) is 19.1 Å². The Balaban J connectivity index is 1.77. The number of imidazole rings is 1. The summed E-state index contributed by atoms with van der Waals surface area (Å²) in [5, 5.41) is 6.45. The molecule has 5 heteroatoms. The second-order valence-corrected chi connectivity index (χ2v) is 5.14. The summed E-state index contributed by atoms with van der Waals surface area (Å²) in [5.74, 6) is 0.832. The van der Waals surface area contributed by atoms with Gasteiger partial charge in [-0.1, -0.05) is 18.2 Å². The number of anilines is 1. The van der Waals surface area contributed by atoms with E-state index in [9.17, 15) is 0 Å². The zero-order valence-corrected chi connectivity index (χ0v) is 11.4. The summed E-state index contributed by atoms with van der Waals surface area (Å²) < 4.78 is 2.03. The molecule has 0 amide bonds. The first kappa shape index (κ1) is 11.9. The summed E-state index contributed by atoms with van der Waals surface area (Å²) in [5.41, 5.74) is 2.16. The Labute approximate surface area is 115 Å². The highest BCUT2D eigenvalue weighted by Gasteiger charge is 2.05. The van der Waals surface area contributed by atoms with Crippen molar-refractivity contribution in [3.63, 3.8) is 0 Å². The number of para-hydroxylation sites is 1. The maximum Gasteiger partial charge on any atom is 0.207 e. The van der Waals surface area contributed by atoms with Crippen molar-refractivity contribution in [2.45, 2.75) is 13.5 Å². The van der Waals surface area contributed by atoms with E-state index >= 15 is 0 Å². The largest absolute Gasteiger partial charge is 0.349 e. The smallest absolute Gasteiger partial charge is 0.207 e. The summed E-state index contributed by atoms with van der Waals surface area (Å²) >= 11 is 1.66. The standard InChI is InChI=1S/C14H14N4S/c1-11-10-19-13(17-11)9-16-14-15-7-8-18(14)12-5-3-2-4-6-12/h2-8,10H,9H2,1H3,(H,15,16). The molecular weight excluding hydrogens is 256 g/mol. The van der Waals surface area contributed by atoms with Gasteiger partial charge in [0.25, 0.3) is 0 Å². The fourth-order valence-corrected chi connectivity index (χ4v) is 2.58. The number of thiazole rings is 1. The van der Waals surface area contributed by atoms with Crippen LogP contribution in [0.1, 0.15) is 10.7 Å². The van der Waals surface area contributed by atoms with Crippen molar-refractivity contribution in [3.05, 3.63) is 58.8 Å². The number of aromatic nitrogens is 3. The molecule has 0 saturated carbocycles. The first-order valence-electron chi connectivity index (χ1n) is 6.06. The number of hydrogen-bond donors (Lipinski definition) is 1. The quantitative estimate of drug-likeness (QED) is 0.791. The third kappa shape index (κ3) is 2.66. The molecule has 0 bridgehead atoms. The van der Waals surface area contributed by atoms with Crippen LogP contribution in [0.15, 0.2) is 48.1 Å². The monoisotopic (exact) mass is 270 g/mol. The van der Waals surface area contributed by atoms with Crippen LogP contribution < -0.4 is 5.32 Å². The first-order valence-corrected chi connectivity index (χ1v) is 6.94. The van der Waals surface area contributed by atoms with E-state index in [0.717, 1.165) is 22.3 Å². The summed E-state index contributed by atoms with van der Waals surface area (Å²) in [6.07, 6.45) is 3.74. The first-order chi connectivity index (χ1) is 9.33. The van der Waals surface area contributed by atoms with E-state index in [-0.39, 0.29) is 0 Å². The maximum absolute atomic E-state index is 4.43. The molecule has 1 N–H and O–H groups in total. The lowest BCUT2D eigenvalue weighted by atomic mass is 10.3. The van der Waals surface area contributed by atoms with Crippen LogP contribution in [0.4, 0.5) is 5.95 Å². The number of nitrogens with one attached hydrogen (secondary N) is 1. The molecule has 0 aliphatic carbocycles. The fourth-order valence-electron chi connectivity index (χ4n) is 1.87. The second kappa shape index (κ2) is 5.24. The molecule has 3 aromatic rings. The Morgan fingerprint density at radius 3 is 2.84 bits per heavy atom. The van der Waals surface area contributed by atoms with Crippen LogP contribution >= 0.6 is 11.3 Å². The van der Waals surface area contributed by atoms with Crippen LogP contribution in [0.25, 0.3) is 5.69 Å². The lowest BCUT2D eigenvalue weighted by molar-refractivity contribution is 0.989.